The second kappa shape index (κ2) is 5.64. The number of aliphatic hydroxyl groups is 1. The van der Waals surface area contributed by atoms with Gasteiger partial charge in [0.05, 0.1) is 11.7 Å². The van der Waals surface area contributed by atoms with Gasteiger partial charge in [-0.3, -0.25) is 0 Å². The third kappa shape index (κ3) is 3.49. The molecule has 1 rings (SSSR count). The third-order valence-electron chi connectivity index (χ3n) is 2.39. The minimum Gasteiger partial charge on any atom is -0.478 e. The van der Waals surface area contributed by atoms with Crippen molar-refractivity contribution in [3.8, 4) is 0 Å². The van der Waals surface area contributed by atoms with Crippen molar-refractivity contribution in [1.29, 1.82) is 0 Å². The molecule has 1 aromatic carbocycles. The van der Waals surface area contributed by atoms with E-state index in [-0.39, 0.29) is 12.1 Å². The number of carboxylic acid groups (broad SMARTS) is 1. The van der Waals surface area contributed by atoms with Gasteiger partial charge in [0.15, 0.2) is 0 Å². The predicted octanol–water partition coefficient (Wildman–Crippen LogP) is 0.525. The van der Waals surface area contributed by atoms with Crippen LogP contribution in [0.15, 0.2) is 23.1 Å². The van der Waals surface area contributed by atoms with Gasteiger partial charge in [-0.1, -0.05) is 0 Å². The number of hydrogen-bond acceptors (Lipinski definition) is 4. The Kier molecular flexibility index (Phi) is 4.61. The molecule has 8 heteroatoms. The van der Waals surface area contributed by atoms with Crippen molar-refractivity contribution in [2.45, 2.75) is 17.9 Å². The van der Waals surface area contributed by atoms with E-state index in [1.54, 1.807) is 0 Å². The average Bonchev–Trinajstić information content (AvgIpc) is 2.27. The minimum atomic E-state index is -4.19. The fraction of sp³-hybridized carbons (Fsp3) is 0.364. The molecule has 1 unspecified atom stereocenters. The van der Waals surface area contributed by atoms with Crippen molar-refractivity contribution in [2.24, 2.45) is 0 Å². The highest BCUT2D eigenvalue weighted by molar-refractivity contribution is 7.89. The van der Waals surface area contributed by atoms with Crippen LogP contribution in [0.3, 0.4) is 0 Å². The number of hydrogen-bond donors (Lipinski definition) is 2. The molecule has 19 heavy (non-hydrogen) atoms. The zero-order valence-corrected chi connectivity index (χ0v) is 11.2. The maximum absolute atomic E-state index is 13.6. The Morgan fingerprint density at radius 1 is 1.47 bits per heavy atom. The highest BCUT2D eigenvalue weighted by atomic mass is 32.2. The molecule has 0 aliphatic heterocycles. The lowest BCUT2D eigenvalue weighted by atomic mass is 10.2. The molecule has 2 N–H and O–H groups in total. The molecular formula is C11H14FNO5S. The summed E-state index contributed by atoms with van der Waals surface area (Å²) in [5.74, 6) is -2.39. The lowest BCUT2D eigenvalue weighted by Crippen LogP contribution is -2.33. The average molecular weight is 291 g/mol. The molecule has 1 atom stereocenters. The van der Waals surface area contributed by atoms with Gasteiger partial charge >= 0.3 is 5.97 Å². The van der Waals surface area contributed by atoms with Gasteiger partial charge in [-0.15, -0.1) is 0 Å². The largest absolute Gasteiger partial charge is 0.478 e. The summed E-state index contributed by atoms with van der Waals surface area (Å²) in [7, 11) is -3.01. The van der Waals surface area contributed by atoms with Gasteiger partial charge in [-0.2, -0.15) is 4.31 Å². The van der Waals surface area contributed by atoms with Gasteiger partial charge in [0.2, 0.25) is 10.0 Å². The van der Waals surface area contributed by atoms with Gasteiger partial charge in [0.25, 0.3) is 0 Å². The summed E-state index contributed by atoms with van der Waals surface area (Å²) in [5.41, 5.74) is -0.328. The number of nitrogens with zero attached hydrogens (tertiary/aromatic N) is 1. The van der Waals surface area contributed by atoms with Crippen LogP contribution in [0.4, 0.5) is 4.39 Å². The number of carbonyl (C=O) groups is 1. The molecule has 6 nitrogen and oxygen atoms in total. The molecular weight excluding hydrogens is 277 g/mol. The maximum atomic E-state index is 13.6. The minimum absolute atomic E-state index is 0.223. The fourth-order valence-corrected chi connectivity index (χ4v) is 2.81. The number of benzene rings is 1. The Morgan fingerprint density at radius 2 is 2.05 bits per heavy atom. The van der Waals surface area contributed by atoms with Gasteiger partial charge in [0.1, 0.15) is 10.7 Å². The van der Waals surface area contributed by atoms with Crippen molar-refractivity contribution in [2.75, 3.05) is 13.6 Å². The van der Waals surface area contributed by atoms with E-state index in [1.807, 2.05) is 0 Å². The van der Waals surface area contributed by atoms with Crippen molar-refractivity contribution < 1.29 is 27.8 Å². The van der Waals surface area contributed by atoms with E-state index in [9.17, 15) is 17.6 Å². The van der Waals surface area contributed by atoms with Crippen molar-refractivity contribution >= 4 is 16.0 Å². The highest BCUT2D eigenvalue weighted by Crippen LogP contribution is 2.20. The second-order valence-electron chi connectivity index (χ2n) is 4.08. The van der Waals surface area contributed by atoms with Crippen LogP contribution in [0.25, 0.3) is 0 Å². The summed E-state index contributed by atoms with van der Waals surface area (Å²) in [4.78, 5) is 10.0. The summed E-state index contributed by atoms with van der Waals surface area (Å²) in [6.45, 7) is 1.16. The molecule has 0 aromatic heterocycles. The van der Waals surface area contributed by atoms with E-state index >= 15 is 0 Å². The fourth-order valence-electron chi connectivity index (χ4n) is 1.47. The first-order chi connectivity index (χ1) is 8.66. The predicted molar refractivity (Wildman–Crippen MR) is 64.9 cm³/mol. The molecule has 0 bridgehead atoms. The zero-order chi connectivity index (χ0) is 14.8. The lowest BCUT2D eigenvalue weighted by molar-refractivity contribution is 0.0696. The first kappa shape index (κ1) is 15.5. The summed E-state index contributed by atoms with van der Waals surface area (Å²) in [6.07, 6.45) is -0.925. The number of rotatable bonds is 5. The van der Waals surface area contributed by atoms with Crippen molar-refractivity contribution in [3.05, 3.63) is 29.6 Å². The van der Waals surface area contributed by atoms with E-state index in [0.717, 1.165) is 22.5 Å². The van der Waals surface area contributed by atoms with E-state index in [1.165, 1.54) is 14.0 Å². The maximum Gasteiger partial charge on any atom is 0.335 e. The number of sulfonamides is 1. The summed E-state index contributed by atoms with van der Waals surface area (Å²) in [6, 6.07) is 2.52. The van der Waals surface area contributed by atoms with Gasteiger partial charge < -0.3 is 10.2 Å². The molecule has 0 radical (unpaired) electrons. The van der Waals surface area contributed by atoms with Crippen LogP contribution in [0.1, 0.15) is 17.3 Å². The van der Waals surface area contributed by atoms with E-state index in [2.05, 4.69) is 0 Å². The van der Waals surface area contributed by atoms with Gasteiger partial charge in [0, 0.05) is 13.6 Å². The monoisotopic (exact) mass is 291 g/mol. The Labute approximate surface area is 110 Å². The van der Waals surface area contributed by atoms with Crippen LogP contribution in [0.5, 0.6) is 0 Å². The Hall–Kier alpha value is -1.51. The molecule has 0 heterocycles. The molecule has 0 saturated heterocycles. The highest BCUT2D eigenvalue weighted by Gasteiger charge is 2.26. The Balaban J connectivity index is 3.28. The number of aromatic carboxylic acids is 1. The normalized spacial score (nSPS) is 13.5. The smallest absolute Gasteiger partial charge is 0.335 e. The summed E-state index contributed by atoms with van der Waals surface area (Å²) in [5, 5.41) is 17.9. The molecule has 0 amide bonds. The first-order valence-electron chi connectivity index (χ1n) is 5.33. The number of likely N-dealkylation sites (N-methyl/N-ethyl adjacent to an activating group) is 1. The van der Waals surface area contributed by atoms with Crippen LogP contribution >= 0.6 is 0 Å². The summed E-state index contributed by atoms with van der Waals surface area (Å²) < 4.78 is 38.4. The molecule has 1 aromatic rings. The van der Waals surface area contributed by atoms with Gasteiger partial charge in [-0.25, -0.2) is 17.6 Å². The Morgan fingerprint density at radius 3 is 2.53 bits per heavy atom. The van der Waals surface area contributed by atoms with Crippen molar-refractivity contribution in [1.82, 2.24) is 4.31 Å². The van der Waals surface area contributed by atoms with Crippen molar-refractivity contribution in [3.63, 3.8) is 0 Å². The number of aliphatic hydroxyl groups excluding tert-OH is 1. The van der Waals surface area contributed by atoms with Crippen LogP contribution in [0, 0.1) is 5.82 Å². The van der Waals surface area contributed by atoms with Gasteiger partial charge in [-0.05, 0) is 25.1 Å². The molecule has 0 fully saturated rings. The van der Waals surface area contributed by atoms with E-state index < -0.39 is 32.8 Å². The first-order valence-corrected chi connectivity index (χ1v) is 6.77. The zero-order valence-electron chi connectivity index (χ0n) is 10.4. The molecule has 0 saturated carbocycles. The Bertz CT molecular complexity index is 585. The standard InChI is InChI=1S/C11H14FNO5S/c1-7(14)6-13(2)19(17,18)10-5-8(11(15)16)3-4-9(10)12/h3-5,7,14H,6H2,1-2H3,(H,15,16). The molecule has 0 aliphatic carbocycles. The number of halogens is 1. The van der Waals surface area contributed by atoms with E-state index in [4.69, 9.17) is 10.2 Å². The number of carboxylic acids is 1. The SMILES string of the molecule is CC(O)CN(C)S(=O)(=O)c1cc(C(=O)O)ccc1F. The third-order valence-corrected chi connectivity index (χ3v) is 4.23. The van der Waals surface area contributed by atoms with Crippen LogP contribution in [-0.4, -0.2) is 48.6 Å². The lowest BCUT2D eigenvalue weighted by Gasteiger charge is -2.19. The molecule has 106 valence electrons. The summed E-state index contributed by atoms with van der Waals surface area (Å²) >= 11 is 0. The van der Waals surface area contributed by atoms with Crippen LogP contribution in [0.2, 0.25) is 0 Å². The van der Waals surface area contributed by atoms with Crippen LogP contribution in [-0.2, 0) is 10.0 Å². The molecule has 0 spiro atoms. The second-order valence-corrected chi connectivity index (χ2v) is 6.10. The topological polar surface area (TPSA) is 94.9 Å². The quantitative estimate of drug-likeness (QED) is 0.825. The molecule has 0 aliphatic rings. The van der Waals surface area contributed by atoms with Crippen LogP contribution < -0.4 is 0 Å². The van der Waals surface area contributed by atoms with E-state index in [0.29, 0.717) is 0 Å².